The van der Waals surface area contributed by atoms with Crippen LogP contribution >= 0.6 is 0 Å². The molecule has 2 aromatic rings. The maximum Gasteiger partial charge on any atom is 0.133 e. The number of rotatable bonds is 5. The van der Waals surface area contributed by atoms with E-state index in [0.717, 1.165) is 24.5 Å². The second-order valence-corrected chi connectivity index (χ2v) is 5.07. The number of nitrogens with one attached hydrogen (secondary N) is 1. The summed E-state index contributed by atoms with van der Waals surface area (Å²) in [5, 5.41) is 3.41. The van der Waals surface area contributed by atoms with Crippen molar-refractivity contribution in [3.8, 4) is 0 Å². The second-order valence-electron chi connectivity index (χ2n) is 5.07. The lowest BCUT2D eigenvalue weighted by molar-refractivity contribution is 0.819. The molecule has 0 amide bonds. The van der Waals surface area contributed by atoms with Gasteiger partial charge in [0.25, 0.3) is 0 Å². The van der Waals surface area contributed by atoms with Gasteiger partial charge < -0.3 is 11.1 Å². The molecule has 4 heteroatoms. The van der Waals surface area contributed by atoms with Crippen LogP contribution in [0.4, 0.5) is 11.6 Å². The molecule has 0 bridgehead atoms. The molecule has 106 valence electrons. The summed E-state index contributed by atoms with van der Waals surface area (Å²) in [6.07, 6.45) is 1.86. The van der Waals surface area contributed by atoms with Crippen molar-refractivity contribution in [3.63, 3.8) is 0 Å². The van der Waals surface area contributed by atoms with E-state index in [-0.39, 0.29) is 6.04 Å². The third-order valence-corrected chi connectivity index (χ3v) is 3.29. The fraction of sp³-hybridized carbons (Fsp3) is 0.375. The van der Waals surface area contributed by atoms with Gasteiger partial charge in [0.1, 0.15) is 17.5 Å². The Hall–Kier alpha value is -2.10. The standard InChI is InChI=1S/C16H22N4/c1-4-7-15-19-14(17)10-16(20-15)18-12(3)13-9-6-5-8-11(13)2/h5-6,8-10,12H,4,7H2,1-3H3,(H3,17,18,19,20). The van der Waals surface area contributed by atoms with E-state index in [1.165, 1.54) is 11.1 Å². The molecular formula is C16H22N4. The van der Waals surface area contributed by atoms with E-state index >= 15 is 0 Å². The lowest BCUT2D eigenvalue weighted by Crippen LogP contribution is -2.11. The molecule has 2 rings (SSSR count). The molecule has 0 aliphatic rings. The summed E-state index contributed by atoms with van der Waals surface area (Å²) in [5.41, 5.74) is 8.38. The summed E-state index contributed by atoms with van der Waals surface area (Å²) < 4.78 is 0. The molecular weight excluding hydrogens is 248 g/mol. The van der Waals surface area contributed by atoms with Crippen LogP contribution in [-0.2, 0) is 6.42 Å². The Bertz CT molecular complexity index is 580. The van der Waals surface area contributed by atoms with Crippen LogP contribution in [0.5, 0.6) is 0 Å². The van der Waals surface area contributed by atoms with Gasteiger partial charge in [-0.3, -0.25) is 0 Å². The van der Waals surface area contributed by atoms with Crippen LogP contribution in [0.3, 0.4) is 0 Å². The summed E-state index contributed by atoms with van der Waals surface area (Å²) in [7, 11) is 0. The third-order valence-electron chi connectivity index (χ3n) is 3.29. The van der Waals surface area contributed by atoms with Crippen LogP contribution < -0.4 is 11.1 Å². The van der Waals surface area contributed by atoms with Gasteiger partial charge in [-0.05, 0) is 31.4 Å². The first-order valence-corrected chi connectivity index (χ1v) is 7.05. The monoisotopic (exact) mass is 270 g/mol. The first kappa shape index (κ1) is 14.3. The summed E-state index contributed by atoms with van der Waals surface area (Å²) in [6, 6.07) is 10.3. The second kappa shape index (κ2) is 6.37. The molecule has 20 heavy (non-hydrogen) atoms. The molecule has 1 heterocycles. The fourth-order valence-corrected chi connectivity index (χ4v) is 2.30. The maximum atomic E-state index is 5.84. The van der Waals surface area contributed by atoms with Crippen molar-refractivity contribution >= 4 is 11.6 Å². The molecule has 0 aliphatic carbocycles. The lowest BCUT2D eigenvalue weighted by atomic mass is 10.0. The van der Waals surface area contributed by atoms with Crippen LogP contribution in [0.15, 0.2) is 30.3 Å². The minimum atomic E-state index is 0.181. The molecule has 1 atom stereocenters. The number of benzene rings is 1. The van der Waals surface area contributed by atoms with Gasteiger partial charge in [0.2, 0.25) is 0 Å². The van der Waals surface area contributed by atoms with E-state index in [1.807, 2.05) is 6.07 Å². The number of hydrogen-bond donors (Lipinski definition) is 2. The van der Waals surface area contributed by atoms with Crippen molar-refractivity contribution in [1.82, 2.24) is 9.97 Å². The zero-order chi connectivity index (χ0) is 14.5. The summed E-state index contributed by atoms with van der Waals surface area (Å²) in [4.78, 5) is 8.76. The number of anilines is 2. The molecule has 1 aromatic carbocycles. The van der Waals surface area contributed by atoms with E-state index in [2.05, 4.69) is 54.3 Å². The Morgan fingerprint density at radius 3 is 2.70 bits per heavy atom. The molecule has 0 radical (unpaired) electrons. The minimum absolute atomic E-state index is 0.181. The van der Waals surface area contributed by atoms with Crippen molar-refractivity contribution < 1.29 is 0 Å². The molecule has 0 saturated carbocycles. The predicted molar refractivity (Wildman–Crippen MR) is 83.7 cm³/mol. The maximum absolute atomic E-state index is 5.84. The zero-order valence-electron chi connectivity index (χ0n) is 12.4. The quantitative estimate of drug-likeness (QED) is 0.873. The average Bonchev–Trinajstić information content (AvgIpc) is 2.38. The number of hydrogen-bond acceptors (Lipinski definition) is 4. The Morgan fingerprint density at radius 1 is 1.25 bits per heavy atom. The Kier molecular flexibility index (Phi) is 4.56. The normalized spacial score (nSPS) is 12.2. The molecule has 4 nitrogen and oxygen atoms in total. The van der Waals surface area contributed by atoms with Gasteiger partial charge in [0, 0.05) is 12.5 Å². The third kappa shape index (κ3) is 3.47. The van der Waals surface area contributed by atoms with Crippen LogP contribution in [-0.4, -0.2) is 9.97 Å². The highest BCUT2D eigenvalue weighted by Gasteiger charge is 2.09. The first-order chi connectivity index (χ1) is 9.60. The van der Waals surface area contributed by atoms with E-state index < -0.39 is 0 Å². The van der Waals surface area contributed by atoms with Crippen molar-refractivity contribution in [2.24, 2.45) is 0 Å². The van der Waals surface area contributed by atoms with Gasteiger partial charge in [-0.15, -0.1) is 0 Å². The smallest absolute Gasteiger partial charge is 0.133 e. The molecule has 3 N–H and O–H groups in total. The van der Waals surface area contributed by atoms with Gasteiger partial charge >= 0.3 is 0 Å². The fourth-order valence-electron chi connectivity index (χ4n) is 2.30. The van der Waals surface area contributed by atoms with Crippen molar-refractivity contribution in [3.05, 3.63) is 47.3 Å². The molecule has 1 aromatic heterocycles. The predicted octanol–water partition coefficient (Wildman–Crippen LogP) is 3.49. The molecule has 1 unspecified atom stereocenters. The highest BCUT2D eigenvalue weighted by atomic mass is 15.1. The Labute approximate surface area is 120 Å². The van der Waals surface area contributed by atoms with Gasteiger partial charge in [0.05, 0.1) is 6.04 Å². The molecule has 0 saturated heterocycles. The Balaban J connectivity index is 2.19. The SMILES string of the molecule is CCCc1nc(N)cc(NC(C)c2ccccc2C)n1. The summed E-state index contributed by atoms with van der Waals surface area (Å²) >= 11 is 0. The summed E-state index contributed by atoms with van der Waals surface area (Å²) in [5.74, 6) is 2.10. The minimum Gasteiger partial charge on any atom is -0.384 e. The van der Waals surface area contributed by atoms with Gasteiger partial charge in [0.15, 0.2) is 0 Å². The topological polar surface area (TPSA) is 63.8 Å². The highest BCUT2D eigenvalue weighted by Crippen LogP contribution is 2.21. The highest BCUT2D eigenvalue weighted by molar-refractivity contribution is 5.47. The number of nitrogens with two attached hydrogens (primary N) is 1. The van der Waals surface area contributed by atoms with Crippen LogP contribution in [0, 0.1) is 6.92 Å². The van der Waals surface area contributed by atoms with Gasteiger partial charge in [-0.1, -0.05) is 31.2 Å². The van der Waals surface area contributed by atoms with Crippen LogP contribution in [0.25, 0.3) is 0 Å². The molecule has 0 fully saturated rings. The van der Waals surface area contributed by atoms with Crippen LogP contribution in [0.2, 0.25) is 0 Å². The zero-order valence-corrected chi connectivity index (χ0v) is 12.4. The summed E-state index contributed by atoms with van der Waals surface area (Å²) in [6.45, 7) is 6.35. The first-order valence-electron chi connectivity index (χ1n) is 7.05. The van der Waals surface area contributed by atoms with Gasteiger partial charge in [-0.25, -0.2) is 9.97 Å². The van der Waals surface area contributed by atoms with E-state index in [4.69, 9.17) is 5.73 Å². The van der Waals surface area contributed by atoms with Crippen LogP contribution in [0.1, 0.15) is 43.3 Å². The average molecular weight is 270 g/mol. The van der Waals surface area contributed by atoms with Gasteiger partial charge in [-0.2, -0.15) is 0 Å². The van der Waals surface area contributed by atoms with Crippen molar-refractivity contribution in [1.29, 1.82) is 0 Å². The van der Waals surface area contributed by atoms with E-state index in [1.54, 1.807) is 6.07 Å². The number of aromatic nitrogens is 2. The number of aryl methyl sites for hydroxylation is 2. The molecule has 0 spiro atoms. The number of nitrogens with zero attached hydrogens (tertiary/aromatic N) is 2. The van der Waals surface area contributed by atoms with Crippen molar-refractivity contribution in [2.75, 3.05) is 11.1 Å². The van der Waals surface area contributed by atoms with Crippen molar-refractivity contribution in [2.45, 2.75) is 39.7 Å². The lowest BCUT2D eigenvalue weighted by Gasteiger charge is -2.17. The number of nitrogen functional groups attached to an aromatic ring is 1. The van der Waals surface area contributed by atoms with E-state index in [9.17, 15) is 0 Å². The Morgan fingerprint density at radius 2 is 2.00 bits per heavy atom. The van der Waals surface area contributed by atoms with E-state index in [0.29, 0.717) is 5.82 Å². The molecule has 0 aliphatic heterocycles. The largest absolute Gasteiger partial charge is 0.384 e.